The van der Waals surface area contributed by atoms with Gasteiger partial charge in [0.05, 0.1) is 13.2 Å². The molecule has 0 spiro atoms. The minimum Gasteiger partial charge on any atom is -0.480 e. The van der Waals surface area contributed by atoms with Crippen molar-refractivity contribution in [3.63, 3.8) is 0 Å². The summed E-state index contributed by atoms with van der Waals surface area (Å²) in [5.41, 5.74) is 0.239. The number of ether oxygens (including phenoxy) is 1. The smallest absolute Gasteiger partial charge is 0.325 e. The van der Waals surface area contributed by atoms with Crippen LogP contribution in [0, 0.1) is 11.6 Å². The summed E-state index contributed by atoms with van der Waals surface area (Å²) in [5.74, 6) is -3.10. The highest BCUT2D eigenvalue weighted by Crippen LogP contribution is 2.23. The van der Waals surface area contributed by atoms with Gasteiger partial charge in [0.15, 0.2) is 11.6 Å². The zero-order chi connectivity index (χ0) is 13.1. The van der Waals surface area contributed by atoms with Crippen LogP contribution in [-0.2, 0) is 9.53 Å². The molecule has 1 aromatic carbocycles. The number of benzene rings is 1. The van der Waals surface area contributed by atoms with E-state index in [1.165, 1.54) is 6.07 Å². The standard InChI is InChI=1S/C12H13F2NO3/c13-9-2-1-8(7-10(9)14)11(12(16)17)15-3-5-18-6-4-15/h1-2,7,11H,3-6H2,(H,16,17)/t11-/m1/s1. The molecule has 0 bridgehead atoms. The van der Waals surface area contributed by atoms with Crippen molar-refractivity contribution < 1.29 is 23.4 Å². The molecule has 98 valence electrons. The fourth-order valence-corrected chi connectivity index (χ4v) is 2.03. The molecule has 0 aromatic heterocycles. The quantitative estimate of drug-likeness (QED) is 0.889. The van der Waals surface area contributed by atoms with Gasteiger partial charge >= 0.3 is 5.97 Å². The molecule has 1 N–H and O–H groups in total. The molecule has 1 saturated heterocycles. The lowest BCUT2D eigenvalue weighted by Gasteiger charge is -2.32. The van der Waals surface area contributed by atoms with Crippen LogP contribution in [-0.4, -0.2) is 42.3 Å². The molecule has 0 unspecified atom stereocenters. The molecule has 1 heterocycles. The maximum atomic E-state index is 13.2. The average molecular weight is 257 g/mol. The van der Waals surface area contributed by atoms with Gasteiger partial charge in [-0.15, -0.1) is 0 Å². The van der Waals surface area contributed by atoms with Crippen LogP contribution in [0.2, 0.25) is 0 Å². The minimum atomic E-state index is -1.08. The normalized spacial score (nSPS) is 18.6. The van der Waals surface area contributed by atoms with Gasteiger partial charge < -0.3 is 9.84 Å². The number of nitrogens with zero attached hydrogens (tertiary/aromatic N) is 1. The van der Waals surface area contributed by atoms with Crippen molar-refractivity contribution in [2.45, 2.75) is 6.04 Å². The Morgan fingerprint density at radius 1 is 1.28 bits per heavy atom. The highest BCUT2D eigenvalue weighted by Gasteiger charge is 2.29. The average Bonchev–Trinajstić information content (AvgIpc) is 2.35. The van der Waals surface area contributed by atoms with Gasteiger partial charge in [-0.25, -0.2) is 8.78 Å². The molecule has 4 nitrogen and oxygen atoms in total. The van der Waals surface area contributed by atoms with Crippen molar-refractivity contribution in [3.8, 4) is 0 Å². The molecule has 2 rings (SSSR count). The van der Waals surface area contributed by atoms with Gasteiger partial charge in [-0.2, -0.15) is 0 Å². The van der Waals surface area contributed by atoms with Crippen molar-refractivity contribution in [3.05, 3.63) is 35.4 Å². The third-order valence-corrected chi connectivity index (χ3v) is 2.90. The van der Waals surface area contributed by atoms with Crippen LogP contribution in [0.4, 0.5) is 8.78 Å². The lowest BCUT2D eigenvalue weighted by Crippen LogP contribution is -2.42. The van der Waals surface area contributed by atoms with Crippen LogP contribution in [0.25, 0.3) is 0 Å². The summed E-state index contributed by atoms with van der Waals surface area (Å²) in [7, 11) is 0. The summed E-state index contributed by atoms with van der Waals surface area (Å²) in [4.78, 5) is 13.0. The van der Waals surface area contributed by atoms with E-state index in [0.717, 1.165) is 12.1 Å². The fraction of sp³-hybridized carbons (Fsp3) is 0.417. The number of hydrogen-bond donors (Lipinski definition) is 1. The number of morpholine rings is 1. The first kappa shape index (κ1) is 12.9. The van der Waals surface area contributed by atoms with Crippen LogP contribution >= 0.6 is 0 Å². The van der Waals surface area contributed by atoms with Gasteiger partial charge in [-0.05, 0) is 17.7 Å². The maximum absolute atomic E-state index is 13.2. The van der Waals surface area contributed by atoms with Crippen LogP contribution in [0.5, 0.6) is 0 Å². The largest absolute Gasteiger partial charge is 0.480 e. The Labute approximate surface area is 103 Å². The number of aliphatic carboxylic acids is 1. The van der Waals surface area contributed by atoms with Gasteiger partial charge in [-0.1, -0.05) is 6.07 Å². The van der Waals surface area contributed by atoms with E-state index < -0.39 is 23.6 Å². The first-order valence-electron chi connectivity index (χ1n) is 5.59. The third-order valence-electron chi connectivity index (χ3n) is 2.90. The monoisotopic (exact) mass is 257 g/mol. The molecular weight excluding hydrogens is 244 g/mol. The Morgan fingerprint density at radius 3 is 2.50 bits per heavy atom. The number of carbonyl (C=O) groups is 1. The Morgan fingerprint density at radius 2 is 1.94 bits per heavy atom. The molecule has 1 atom stereocenters. The van der Waals surface area contributed by atoms with Crippen LogP contribution < -0.4 is 0 Å². The predicted molar refractivity (Wildman–Crippen MR) is 59.1 cm³/mol. The maximum Gasteiger partial charge on any atom is 0.325 e. The Bertz CT molecular complexity index is 447. The molecular formula is C12H13F2NO3. The first-order chi connectivity index (χ1) is 8.59. The van der Waals surface area contributed by atoms with E-state index in [9.17, 15) is 18.7 Å². The zero-order valence-corrected chi connectivity index (χ0v) is 9.60. The summed E-state index contributed by atoms with van der Waals surface area (Å²) < 4.78 is 31.1. The molecule has 1 fully saturated rings. The van der Waals surface area contributed by atoms with E-state index in [0.29, 0.717) is 26.3 Å². The van der Waals surface area contributed by atoms with E-state index in [4.69, 9.17) is 4.74 Å². The molecule has 0 aliphatic carbocycles. The summed E-state index contributed by atoms with van der Waals surface area (Å²) in [6.45, 7) is 1.78. The number of halogens is 2. The second-order valence-corrected chi connectivity index (χ2v) is 4.06. The van der Waals surface area contributed by atoms with E-state index >= 15 is 0 Å². The van der Waals surface area contributed by atoms with Gasteiger partial charge in [0.2, 0.25) is 0 Å². The summed E-state index contributed by atoms with van der Waals surface area (Å²) in [6.07, 6.45) is 0. The lowest BCUT2D eigenvalue weighted by atomic mass is 10.0. The molecule has 0 radical (unpaired) electrons. The SMILES string of the molecule is O=C(O)[C@@H](c1ccc(F)c(F)c1)N1CCOCC1. The molecule has 0 saturated carbocycles. The molecule has 18 heavy (non-hydrogen) atoms. The van der Waals surface area contributed by atoms with E-state index in [1.807, 2.05) is 0 Å². The van der Waals surface area contributed by atoms with Crippen molar-refractivity contribution in [1.82, 2.24) is 4.90 Å². The second-order valence-electron chi connectivity index (χ2n) is 4.06. The number of carboxylic acids is 1. The van der Waals surface area contributed by atoms with E-state index in [2.05, 4.69) is 0 Å². The Kier molecular flexibility index (Phi) is 3.88. The molecule has 1 aromatic rings. The van der Waals surface area contributed by atoms with Gasteiger partial charge in [-0.3, -0.25) is 9.69 Å². The highest BCUT2D eigenvalue weighted by molar-refractivity contribution is 5.75. The van der Waals surface area contributed by atoms with Crippen LogP contribution in [0.15, 0.2) is 18.2 Å². The highest BCUT2D eigenvalue weighted by atomic mass is 19.2. The number of rotatable bonds is 3. The third kappa shape index (κ3) is 2.65. The summed E-state index contributed by atoms with van der Waals surface area (Å²) in [6, 6.07) is 2.21. The first-order valence-corrected chi connectivity index (χ1v) is 5.59. The van der Waals surface area contributed by atoms with E-state index in [-0.39, 0.29) is 5.56 Å². The van der Waals surface area contributed by atoms with Crippen LogP contribution in [0.3, 0.4) is 0 Å². The van der Waals surface area contributed by atoms with Gasteiger partial charge in [0.25, 0.3) is 0 Å². The molecule has 1 aliphatic heterocycles. The van der Waals surface area contributed by atoms with Crippen molar-refractivity contribution in [2.75, 3.05) is 26.3 Å². The topological polar surface area (TPSA) is 49.8 Å². The summed E-state index contributed by atoms with van der Waals surface area (Å²) >= 11 is 0. The van der Waals surface area contributed by atoms with Crippen LogP contribution in [0.1, 0.15) is 11.6 Å². The number of carboxylic acid groups (broad SMARTS) is 1. The minimum absolute atomic E-state index is 0.239. The van der Waals surface area contributed by atoms with Crippen molar-refractivity contribution >= 4 is 5.97 Å². The Hall–Kier alpha value is -1.53. The van der Waals surface area contributed by atoms with Crippen molar-refractivity contribution in [2.24, 2.45) is 0 Å². The lowest BCUT2D eigenvalue weighted by molar-refractivity contribution is -0.145. The number of hydrogen-bond acceptors (Lipinski definition) is 3. The second kappa shape index (κ2) is 5.41. The Balaban J connectivity index is 2.28. The fourth-order valence-electron chi connectivity index (χ4n) is 2.03. The molecule has 1 aliphatic rings. The molecule has 0 amide bonds. The zero-order valence-electron chi connectivity index (χ0n) is 9.60. The summed E-state index contributed by atoms with van der Waals surface area (Å²) in [5, 5.41) is 9.24. The molecule has 6 heteroatoms. The van der Waals surface area contributed by atoms with Gasteiger partial charge in [0, 0.05) is 13.1 Å². The van der Waals surface area contributed by atoms with Gasteiger partial charge in [0.1, 0.15) is 6.04 Å². The predicted octanol–water partition coefficient (Wildman–Crippen LogP) is 1.42. The van der Waals surface area contributed by atoms with Crippen molar-refractivity contribution in [1.29, 1.82) is 0 Å². The van der Waals surface area contributed by atoms with E-state index in [1.54, 1.807) is 4.90 Å².